The molecule has 0 saturated heterocycles. The van der Waals surface area contributed by atoms with E-state index in [1.54, 1.807) is 0 Å². The summed E-state index contributed by atoms with van der Waals surface area (Å²) in [7, 11) is 0. The van der Waals surface area contributed by atoms with Crippen molar-refractivity contribution in [2.45, 2.75) is 79.8 Å². The molecule has 0 aliphatic carbocycles. The predicted octanol–water partition coefficient (Wildman–Crippen LogP) is 5.44. The van der Waals surface area contributed by atoms with Crippen LogP contribution < -0.4 is 4.74 Å². The number of hydrogen-bond acceptors (Lipinski definition) is 4. The average Bonchev–Trinajstić information content (AvgIpc) is 2.61. The number of benzene rings is 1. The second-order valence-corrected chi connectivity index (χ2v) is 7.40. The lowest BCUT2D eigenvalue weighted by Crippen LogP contribution is -2.17. The average molecular weight is 366 g/mol. The van der Waals surface area contributed by atoms with Crippen molar-refractivity contribution in [2.75, 3.05) is 0 Å². The third kappa shape index (κ3) is 4.86. The van der Waals surface area contributed by atoms with Crippen LogP contribution >= 0.6 is 0 Å². The molecule has 1 aromatic carbocycles. The van der Waals surface area contributed by atoms with E-state index in [9.17, 15) is 5.26 Å². The van der Waals surface area contributed by atoms with Gasteiger partial charge in [0.05, 0.1) is 23.8 Å². The van der Waals surface area contributed by atoms with E-state index in [0.29, 0.717) is 18.1 Å². The molecule has 1 unspecified atom stereocenters. The zero-order chi connectivity index (χ0) is 20.1. The highest BCUT2D eigenvalue weighted by Crippen LogP contribution is 2.30. The predicted molar refractivity (Wildman–Crippen MR) is 109 cm³/mol. The van der Waals surface area contributed by atoms with Crippen LogP contribution in [0, 0.1) is 45.9 Å². The van der Waals surface area contributed by atoms with Crippen LogP contribution in [0.1, 0.15) is 71.9 Å². The minimum Gasteiger partial charge on any atom is -0.474 e. The molecule has 27 heavy (non-hydrogen) atoms. The molecule has 1 atom stereocenters. The highest BCUT2D eigenvalue weighted by atomic mass is 16.5. The van der Waals surface area contributed by atoms with Crippen molar-refractivity contribution in [1.82, 2.24) is 9.97 Å². The largest absolute Gasteiger partial charge is 0.474 e. The first-order valence-corrected chi connectivity index (χ1v) is 9.78. The Morgan fingerprint density at radius 3 is 2.11 bits per heavy atom. The molecular weight excluding hydrogens is 334 g/mol. The Hall–Kier alpha value is -2.41. The molecule has 0 aliphatic heterocycles. The monoisotopic (exact) mass is 365 g/mol. The van der Waals surface area contributed by atoms with E-state index in [4.69, 9.17) is 4.74 Å². The zero-order valence-electron chi connectivity index (χ0n) is 17.7. The maximum absolute atomic E-state index is 9.89. The van der Waals surface area contributed by atoms with E-state index in [-0.39, 0.29) is 12.0 Å². The van der Waals surface area contributed by atoms with Crippen molar-refractivity contribution in [3.05, 3.63) is 51.5 Å². The second-order valence-electron chi connectivity index (χ2n) is 7.40. The lowest BCUT2D eigenvalue weighted by atomic mass is 9.87. The van der Waals surface area contributed by atoms with Crippen LogP contribution in [-0.4, -0.2) is 16.1 Å². The maximum atomic E-state index is 9.89. The molecule has 1 aromatic heterocycles. The molecule has 0 fully saturated rings. The normalized spacial score (nSPS) is 12.1. The summed E-state index contributed by atoms with van der Waals surface area (Å²) in [6.45, 7) is 14.4. The number of hydrogen-bond donors (Lipinski definition) is 0. The Labute approximate surface area is 163 Å². The first-order valence-electron chi connectivity index (χ1n) is 9.78. The van der Waals surface area contributed by atoms with Gasteiger partial charge in [-0.15, -0.1) is 0 Å². The van der Waals surface area contributed by atoms with E-state index in [1.807, 2.05) is 13.8 Å². The Balaban J connectivity index is 2.41. The van der Waals surface area contributed by atoms with Crippen LogP contribution in [0.3, 0.4) is 0 Å². The third-order valence-electron chi connectivity index (χ3n) is 5.14. The fourth-order valence-corrected chi connectivity index (χ4v) is 3.73. The van der Waals surface area contributed by atoms with Gasteiger partial charge in [0.15, 0.2) is 0 Å². The second kappa shape index (κ2) is 8.99. The first-order chi connectivity index (χ1) is 12.8. The highest BCUT2D eigenvalue weighted by molar-refractivity contribution is 5.43. The Morgan fingerprint density at radius 2 is 1.59 bits per heavy atom. The number of aromatic nitrogens is 2. The van der Waals surface area contributed by atoms with Gasteiger partial charge < -0.3 is 4.74 Å². The maximum Gasteiger partial charge on any atom is 0.220 e. The van der Waals surface area contributed by atoms with Crippen molar-refractivity contribution in [2.24, 2.45) is 0 Å². The number of nitrogens with zero attached hydrogens (tertiary/aromatic N) is 3. The molecule has 0 aliphatic rings. The van der Waals surface area contributed by atoms with E-state index in [1.165, 1.54) is 5.56 Å². The van der Waals surface area contributed by atoms with E-state index >= 15 is 0 Å². The van der Waals surface area contributed by atoms with Gasteiger partial charge in [-0.05, 0) is 64.2 Å². The van der Waals surface area contributed by atoms with Crippen LogP contribution in [0.2, 0.25) is 0 Å². The minimum absolute atomic E-state index is 0.152. The Bertz CT molecular complexity index is 824. The lowest BCUT2D eigenvalue weighted by Gasteiger charge is -2.20. The quantitative estimate of drug-likeness (QED) is 0.656. The van der Waals surface area contributed by atoms with Crippen molar-refractivity contribution in [3.63, 3.8) is 0 Å². The topological polar surface area (TPSA) is 58.8 Å². The molecule has 0 radical (unpaired) electrons. The summed E-state index contributed by atoms with van der Waals surface area (Å²) in [6.07, 6.45) is 2.60. The molecular formula is C23H31N3O. The van der Waals surface area contributed by atoms with Crippen LogP contribution in [0.15, 0.2) is 12.1 Å². The first kappa shape index (κ1) is 20.9. The van der Waals surface area contributed by atoms with Gasteiger partial charge in [-0.1, -0.05) is 31.5 Å². The summed E-state index contributed by atoms with van der Waals surface area (Å²) >= 11 is 0. The molecule has 4 nitrogen and oxygen atoms in total. The van der Waals surface area contributed by atoms with Crippen LogP contribution in [0.5, 0.6) is 5.88 Å². The molecule has 0 saturated carbocycles. The molecule has 4 heteroatoms. The minimum atomic E-state index is -0.236. The highest BCUT2D eigenvalue weighted by Gasteiger charge is 2.21. The smallest absolute Gasteiger partial charge is 0.220 e. The summed E-state index contributed by atoms with van der Waals surface area (Å²) in [5.74, 6) is 1.10. The van der Waals surface area contributed by atoms with Crippen molar-refractivity contribution < 1.29 is 4.74 Å². The zero-order valence-corrected chi connectivity index (χ0v) is 17.7. The summed E-state index contributed by atoms with van der Waals surface area (Å²) in [5, 5.41) is 9.89. The SMILES string of the molecule is CCC(CC)Oc1nc(C)nc(CC(C#N)c2c(C)cc(C)cc2C)c1C. The molecule has 0 bridgehead atoms. The molecule has 2 rings (SSSR count). The van der Waals surface area contributed by atoms with Gasteiger partial charge in [-0.3, -0.25) is 0 Å². The summed E-state index contributed by atoms with van der Waals surface area (Å²) in [6, 6.07) is 6.79. The van der Waals surface area contributed by atoms with Crippen molar-refractivity contribution in [3.8, 4) is 11.9 Å². The van der Waals surface area contributed by atoms with Crippen LogP contribution in [0.4, 0.5) is 0 Å². The third-order valence-corrected chi connectivity index (χ3v) is 5.14. The summed E-state index contributed by atoms with van der Waals surface area (Å²) in [4.78, 5) is 9.15. The number of aryl methyl sites for hydroxylation is 4. The van der Waals surface area contributed by atoms with E-state index < -0.39 is 0 Å². The summed E-state index contributed by atoms with van der Waals surface area (Å²) in [5.41, 5.74) is 6.50. The fourth-order valence-electron chi connectivity index (χ4n) is 3.73. The number of ether oxygens (including phenoxy) is 1. The molecule has 1 heterocycles. The summed E-state index contributed by atoms with van der Waals surface area (Å²) < 4.78 is 6.12. The van der Waals surface area contributed by atoms with Gasteiger partial charge in [0, 0.05) is 12.0 Å². The van der Waals surface area contributed by atoms with Gasteiger partial charge in [0.2, 0.25) is 5.88 Å². The van der Waals surface area contributed by atoms with Crippen LogP contribution in [0.25, 0.3) is 0 Å². The molecule has 2 aromatic rings. The Morgan fingerprint density at radius 1 is 1.00 bits per heavy atom. The number of nitriles is 1. The van der Waals surface area contributed by atoms with Crippen molar-refractivity contribution >= 4 is 0 Å². The van der Waals surface area contributed by atoms with E-state index in [0.717, 1.165) is 40.8 Å². The van der Waals surface area contributed by atoms with Gasteiger partial charge in [0.25, 0.3) is 0 Å². The lowest BCUT2D eigenvalue weighted by molar-refractivity contribution is 0.182. The van der Waals surface area contributed by atoms with Crippen molar-refractivity contribution in [1.29, 1.82) is 5.26 Å². The van der Waals surface area contributed by atoms with E-state index in [2.05, 4.69) is 62.8 Å². The fraction of sp³-hybridized carbons (Fsp3) is 0.522. The van der Waals surface area contributed by atoms with Crippen LogP contribution in [-0.2, 0) is 6.42 Å². The number of rotatable bonds is 7. The molecule has 0 spiro atoms. The molecule has 144 valence electrons. The Kier molecular flexibility index (Phi) is 6.96. The van der Waals surface area contributed by atoms with Gasteiger partial charge >= 0.3 is 0 Å². The van der Waals surface area contributed by atoms with Gasteiger partial charge in [0.1, 0.15) is 5.82 Å². The molecule has 0 N–H and O–H groups in total. The standard InChI is InChI=1S/C23H31N3O/c1-8-20(9-2)27-23-17(6)21(25-18(7)26-23)12-19(13-24)22-15(4)10-14(3)11-16(22)5/h10-11,19-20H,8-9,12H2,1-7H3. The van der Waals surface area contributed by atoms with Gasteiger partial charge in [-0.2, -0.15) is 10.2 Å². The molecule has 0 amide bonds. The van der Waals surface area contributed by atoms with Gasteiger partial charge in [-0.25, -0.2) is 4.98 Å².